The Morgan fingerprint density at radius 1 is 1.31 bits per heavy atom. The second-order valence-electron chi connectivity index (χ2n) is 5.42. The van der Waals surface area contributed by atoms with Crippen LogP contribution in [0.5, 0.6) is 0 Å². The van der Waals surface area contributed by atoms with Gasteiger partial charge in [0.1, 0.15) is 0 Å². The van der Waals surface area contributed by atoms with E-state index in [1.807, 2.05) is 36.4 Å². The summed E-state index contributed by atoms with van der Waals surface area (Å²) in [5, 5.41) is 15.0. The normalized spacial score (nSPS) is 10.7. The molecule has 26 heavy (non-hydrogen) atoms. The molecule has 2 aromatic carbocycles. The quantitative estimate of drug-likeness (QED) is 0.640. The van der Waals surface area contributed by atoms with E-state index in [0.717, 1.165) is 14.9 Å². The van der Waals surface area contributed by atoms with Gasteiger partial charge >= 0.3 is 0 Å². The van der Waals surface area contributed by atoms with Gasteiger partial charge in [-0.05, 0) is 58.1 Å². The number of halogens is 1. The van der Waals surface area contributed by atoms with Gasteiger partial charge in [-0.1, -0.05) is 28.1 Å². The molecule has 1 heterocycles. The summed E-state index contributed by atoms with van der Waals surface area (Å²) in [7, 11) is 3.39. The van der Waals surface area contributed by atoms with Gasteiger partial charge in [0.25, 0.3) is 5.91 Å². The maximum absolute atomic E-state index is 12.7. The van der Waals surface area contributed by atoms with E-state index in [1.54, 1.807) is 24.9 Å². The number of benzene rings is 2. The molecule has 1 amide bonds. The lowest BCUT2D eigenvalue weighted by atomic mass is 10.1. The molecule has 0 saturated heterocycles. The number of rotatable bonds is 6. The van der Waals surface area contributed by atoms with Gasteiger partial charge in [0.2, 0.25) is 5.16 Å². The predicted molar refractivity (Wildman–Crippen MR) is 102 cm³/mol. The van der Waals surface area contributed by atoms with Crippen LogP contribution in [0.15, 0.2) is 57.0 Å². The van der Waals surface area contributed by atoms with Crippen molar-refractivity contribution in [3.63, 3.8) is 0 Å². The first-order valence-electron chi connectivity index (χ1n) is 7.66. The van der Waals surface area contributed by atoms with E-state index < -0.39 is 0 Å². The van der Waals surface area contributed by atoms with Gasteiger partial charge in [-0.2, -0.15) is 0 Å². The molecule has 0 aliphatic heterocycles. The average molecular weight is 434 g/mol. The summed E-state index contributed by atoms with van der Waals surface area (Å²) in [6.45, 7) is 0.457. The molecule has 9 heteroatoms. The van der Waals surface area contributed by atoms with Crippen LogP contribution in [-0.2, 0) is 18.4 Å². The zero-order chi connectivity index (χ0) is 18.5. The molecule has 0 radical (unpaired) electrons. The third-order valence-electron chi connectivity index (χ3n) is 3.47. The van der Waals surface area contributed by atoms with Gasteiger partial charge in [-0.25, -0.2) is 4.68 Å². The third-order valence-corrected chi connectivity index (χ3v) is 5.07. The van der Waals surface area contributed by atoms with Gasteiger partial charge in [0.05, 0.1) is 12.3 Å². The maximum Gasteiger partial charge on any atom is 0.255 e. The van der Waals surface area contributed by atoms with Crippen LogP contribution in [0.25, 0.3) is 0 Å². The van der Waals surface area contributed by atoms with E-state index in [-0.39, 0.29) is 5.91 Å². The first kappa shape index (κ1) is 18.6. The Bertz CT molecular complexity index is 931. The minimum atomic E-state index is -0.195. The van der Waals surface area contributed by atoms with E-state index in [9.17, 15) is 4.79 Å². The largest absolute Gasteiger partial charge is 0.380 e. The van der Waals surface area contributed by atoms with E-state index in [0.29, 0.717) is 23.0 Å². The fraction of sp³-hybridized carbons (Fsp3) is 0.176. The van der Waals surface area contributed by atoms with Crippen LogP contribution < -0.4 is 5.32 Å². The highest BCUT2D eigenvalue weighted by Gasteiger charge is 2.13. The lowest BCUT2D eigenvalue weighted by Crippen LogP contribution is -2.13. The molecule has 7 nitrogen and oxygen atoms in total. The van der Waals surface area contributed by atoms with E-state index in [4.69, 9.17) is 4.74 Å². The maximum atomic E-state index is 12.7. The monoisotopic (exact) mass is 433 g/mol. The number of nitrogens with one attached hydrogen (secondary N) is 1. The van der Waals surface area contributed by atoms with Crippen LogP contribution in [0, 0.1) is 0 Å². The molecule has 0 spiro atoms. The highest BCUT2D eigenvalue weighted by Crippen LogP contribution is 2.34. The number of methoxy groups -OCH3 is 1. The van der Waals surface area contributed by atoms with Crippen molar-refractivity contribution in [1.29, 1.82) is 0 Å². The number of anilines is 1. The van der Waals surface area contributed by atoms with E-state index >= 15 is 0 Å². The van der Waals surface area contributed by atoms with Crippen LogP contribution >= 0.6 is 27.7 Å². The summed E-state index contributed by atoms with van der Waals surface area (Å²) in [4.78, 5) is 13.5. The summed E-state index contributed by atoms with van der Waals surface area (Å²) >= 11 is 4.82. The summed E-state index contributed by atoms with van der Waals surface area (Å²) in [6.07, 6.45) is 0. The van der Waals surface area contributed by atoms with Crippen molar-refractivity contribution >= 4 is 39.3 Å². The van der Waals surface area contributed by atoms with Crippen molar-refractivity contribution in [3.05, 3.63) is 58.1 Å². The third kappa shape index (κ3) is 4.48. The van der Waals surface area contributed by atoms with Crippen molar-refractivity contribution in [3.8, 4) is 0 Å². The van der Waals surface area contributed by atoms with Crippen LogP contribution in [0.1, 0.15) is 15.9 Å². The van der Waals surface area contributed by atoms with Gasteiger partial charge in [0.15, 0.2) is 0 Å². The number of hydrogen-bond acceptors (Lipinski definition) is 6. The molecule has 0 unspecified atom stereocenters. The molecule has 0 aliphatic carbocycles. The zero-order valence-corrected chi connectivity index (χ0v) is 16.5. The summed E-state index contributed by atoms with van der Waals surface area (Å²) in [5.74, 6) is -0.195. The van der Waals surface area contributed by atoms with Crippen LogP contribution in [0.4, 0.5) is 5.69 Å². The molecule has 0 atom stereocenters. The summed E-state index contributed by atoms with van der Waals surface area (Å²) in [6, 6.07) is 13.0. The Morgan fingerprint density at radius 3 is 2.88 bits per heavy atom. The number of amides is 1. The molecule has 3 aromatic rings. The molecule has 134 valence electrons. The van der Waals surface area contributed by atoms with Crippen molar-refractivity contribution in [2.75, 3.05) is 12.4 Å². The molecule has 1 N–H and O–H groups in total. The van der Waals surface area contributed by atoms with Crippen LogP contribution in [0.2, 0.25) is 0 Å². The Kier molecular flexibility index (Phi) is 6.02. The Labute approximate surface area is 163 Å². The highest BCUT2D eigenvalue weighted by molar-refractivity contribution is 9.10. The number of ether oxygens (including phenoxy) is 1. The lowest BCUT2D eigenvalue weighted by molar-refractivity contribution is 0.102. The van der Waals surface area contributed by atoms with Crippen molar-refractivity contribution in [2.45, 2.75) is 16.7 Å². The molecular formula is C17H16BrN5O2S. The van der Waals surface area contributed by atoms with Crippen LogP contribution in [-0.4, -0.2) is 33.2 Å². The van der Waals surface area contributed by atoms with Crippen molar-refractivity contribution in [1.82, 2.24) is 20.2 Å². The van der Waals surface area contributed by atoms with E-state index in [2.05, 4.69) is 36.8 Å². The number of aromatic nitrogens is 4. The summed E-state index contributed by atoms with van der Waals surface area (Å²) in [5.41, 5.74) is 2.18. The molecular weight excluding hydrogens is 418 g/mol. The zero-order valence-electron chi connectivity index (χ0n) is 14.1. The second kappa shape index (κ2) is 8.43. The molecule has 1 aromatic heterocycles. The summed E-state index contributed by atoms with van der Waals surface area (Å²) < 4.78 is 7.56. The van der Waals surface area contributed by atoms with Crippen molar-refractivity contribution < 1.29 is 9.53 Å². The van der Waals surface area contributed by atoms with Gasteiger partial charge in [-0.3, -0.25) is 4.79 Å². The number of hydrogen-bond donors (Lipinski definition) is 1. The Hall–Kier alpha value is -2.23. The van der Waals surface area contributed by atoms with Crippen molar-refractivity contribution in [2.24, 2.45) is 7.05 Å². The number of aryl methyl sites for hydroxylation is 1. The fourth-order valence-electron chi connectivity index (χ4n) is 2.26. The highest BCUT2D eigenvalue weighted by atomic mass is 79.9. The number of tetrazole rings is 1. The van der Waals surface area contributed by atoms with Gasteiger partial charge in [0, 0.05) is 29.1 Å². The number of nitrogens with zero attached hydrogens (tertiary/aromatic N) is 4. The minimum absolute atomic E-state index is 0.195. The topological polar surface area (TPSA) is 81.9 Å². The average Bonchev–Trinajstić information content (AvgIpc) is 3.02. The van der Waals surface area contributed by atoms with Crippen LogP contribution in [0.3, 0.4) is 0 Å². The smallest absolute Gasteiger partial charge is 0.255 e. The SMILES string of the molecule is COCc1cccc(C(=O)Nc2cc(Br)ccc2Sc2nnnn2C)c1. The predicted octanol–water partition coefficient (Wildman–Crippen LogP) is 3.52. The fourth-order valence-corrected chi connectivity index (χ4v) is 3.42. The molecule has 0 saturated carbocycles. The van der Waals surface area contributed by atoms with Gasteiger partial charge < -0.3 is 10.1 Å². The Balaban J connectivity index is 1.84. The lowest BCUT2D eigenvalue weighted by Gasteiger charge is -2.11. The second-order valence-corrected chi connectivity index (χ2v) is 7.34. The molecule has 0 fully saturated rings. The molecule has 3 rings (SSSR count). The number of carbonyl (C=O) groups is 1. The Morgan fingerprint density at radius 2 is 2.15 bits per heavy atom. The van der Waals surface area contributed by atoms with E-state index in [1.165, 1.54) is 11.8 Å². The standard InChI is InChI=1S/C17H16BrN5O2S/c1-23-17(20-21-22-23)26-15-7-6-13(18)9-14(15)19-16(24)12-5-3-4-11(8-12)10-25-2/h3-9H,10H2,1-2H3,(H,19,24). The molecule has 0 aliphatic rings. The molecule has 0 bridgehead atoms. The number of carbonyl (C=O) groups excluding carboxylic acids is 1. The minimum Gasteiger partial charge on any atom is -0.380 e. The first-order valence-corrected chi connectivity index (χ1v) is 9.27. The first-order chi connectivity index (χ1) is 12.6. The van der Waals surface area contributed by atoms with Gasteiger partial charge in [-0.15, -0.1) is 5.10 Å².